The minimum absolute atomic E-state index is 0.103. The van der Waals surface area contributed by atoms with Gasteiger partial charge < -0.3 is 30.6 Å². The van der Waals surface area contributed by atoms with E-state index in [1.54, 1.807) is 11.1 Å². The van der Waals surface area contributed by atoms with Gasteiger partial charge in [-0.3, -0.25) is 0 Å². The maximum absolute atomic E-state index is 8.42. The Morgan fingerprint density at radius 2 is 1.31 bits per heavy atom. The Bertz CT molecular complexity index is 126. The highest BCUT2D eigenvalue weighted by molar-refractivity contribution is 4.69. The SMILES string of the molecule is C=CN(CCO)CCO.OCCNCCO. The van der Waals surface area contributed by atoms with Crippen molar-refractivity contribution in [1.82, 2.24) is 10.2 Å². The fourth-order valence-corrected chi connectivity index (χ4v) is 0.834. The van der Waals surface area contributed by atoms with Crippen molar-refractivity contribution in [1.29, 1.82) is 0 Å². The number of hydrogen-bond acceptors (Lipinski definition) is 6. The lowest BCUT2D eigenvalue weighted by Gasteiger charge is -2.15. The molecule has 0 aromatic rings. The van der Waals surface area contributed by atoms with Crippen LogP contribution in [0.5, 0.6) is 0 Å². The second-order valence-electron chi connectivity index (χ2n) is 2.86. The molecule has 0 unspecified atom stereocenters. The summed E-state index contributed by atoms with van der Waals surface area (Å²) in [6, 6.07) is 0. The Labute approximate surface area is 96.8 Å². The predicted octanol–water partition coefficient (Wildman–Crippen LogP) is -2.02. The first-order chi connectivity index (χ1) is 7.76. The van der Waals surface area contributed by atoms with E-state index < -0.39 is 0 Å². The third kappa shape index (κ3) is 15.8. The van der Waals surface area contributed by atoms with E-state index >= 15 is 0 Å². The van der Waals surface area contributed by atoms with Crippen molar-refractivity contribution in [2.75, 3.05) is 52.6 Å². The van der Waals surface area contributed by atoms with Crippen LogP contribution in [0.15, 0.2) is 12.8 Å². The van der Waals surface area contributed by atoms with Gasteiger partial charge in [0, 0.05) is 26.2 Å². The van der Waals surface area contributed by atoms with Crippen LogP contribution in [0.3, 0.4) is 0 Å². The van der Waals surface area contributed by atoms with E-state index in [2.05, 4.69) is 11.9 Å². The Morgan fingerprint density at radius 3 is 1.56 bits per heavy atom. The van der Waals surface area contributed by atoms with Gasteiger partial charge in [-0.15, -0.1) is 0 Å². The molecule has 0 saturated carbocycles. The van der Waals surface area contributed by atoms with Crippen LogP contribution in [0.2, 0.25) is 0 Å². The molecule has 0 bridgehead atoms. The number of aliphatic hydroxyl groups excluding tert-OH is 4. The highest BCUT2D eigenvalue weighted by Gasteiger charge is 1.92. The summed E-state index contributed by atoms with van der Waals surface area (Å²) < 4.78 is 0. The van der Waals surface area contributed by atoms with Gasteiger partial charge in [-0.2, -0.15) is 0 Å². The first kappa shape index (κ1) is 17.7. The minimum Gasteiger partial charge on any atom is -0.395 e. The monoisotopic (exact) mass is 236 g/mol. The number of hydrogen-bond donors (Lipinski definition) is 5. The van der Waals surface area contributed by atoms with Gasteiger partial charge in [0.15, 0.2) is 0 Å². The summed E-state index contributed by atoms with van der Waals surface area (Å²) in [6.45, 7) is 6.22. The number of aliphatic hydroxyl groups is 4. The Hall–Kier alpha value is -0.660. The quantitative estimate of drug-likeness (QED) is 0.297. The molecule has 0 aliphatic carbocycles. The number of nitrogens with one attached hydrogen (secondary N) is 1. The molecule has 0 amide bonds. The fourth-order valence-electron chi connectivity index (χ4n) is 0.834. The van der Waals surface area contributed by atoms with Gasteiger partial charge in [-0.05, 0) is 6.20 Å². The number of rotatable bonds is 9. The second kappa shape index (κ2) is 16.8. The molecule has 0 radical (unpaired) electrons. The molecule has 0 heterocycles. The molecule has 0 aliphatic rings. The van der Waals surface area contributed by atoms with Gasteiger partial charge >= 0.3 is 0 Å². The lowest BCUT2D eigenvalue weighted by molar-refractivity contribution is 0.199. The molecule has 0 spiro atoms. The van der Waals surface area contributed by atoms with E-state index in [0.29, 0.717) is 26.2 Å². The highest BCUT2D eigenvalue weighted by Crippen LogP contribution is 1.84. The maximum atomic E-state index is 8.42. The molecule has 0 atom stereocenters. The molecule has 0 aromatic heterocycles. The van der Waals surface area contributed by atoms with Crippen LogP contribution >= 0.6 is 0 Å². The highest BCUT2D eigenvalue weighted by atomic mass is 16.3. The van der Waals surface area contributed by atoms with E-state index in [4.69, 9.17) is 20.4 Å². The molecule has 0 saturated heterocycles. The van der Waals surface area contributed by atoms with E-state index in [1.807, 2.05) is 0 Å². The average Bonchev–Trinajstić information content (AvgIpc) is 2.30. The first-order valence-corrected chi connectivity index (χ1v) is 5.27. The van der Waals surface area contributed by atoms with Gasteiger partial charge in [-0.1, -0.05) is 6.58 Å². The van der Waals surface area contributed by atoms with Crippen molar-refractivity contribution in [3.05, 3.63) is 12.8 Å². The van der Waals surface area contributed by atoms with E-state index in [1.165, 1.54) is 0 Å². The maximum Gasteiger partial charge on any atom is 0.0606 e. The molecule has 0 fully saturated rings. The van der Waals surface area contributed by atoms with Crippen molar-refractivity contribution >= 4 is 0 Å². The third-order valence-electron chi connectivity index (χ3n) is 1.61. The molecule has 5 N–H and O–H groups in total. The standard InChI is InChI=1S/C6H13NO2.C4H11NO2/c1-2-7(3-5-8)4-6-9;6-3-1-5-2-4-7/h2,8-9H,1,3-6H2;5-7H,1-4H2. The molecule has 6 heteroatoms. The smallest absolute Gasteiger partial charge is 0.0606 e. The summed E-state index contributed by atoms with van der Waals surface area (Å²) in [5.74, 6) is 0. The van der Waals surface area contributed by atoms with Gasteiger partial charge in [-0.25, -0.2) is 0 Å². The Morgan fingerprint density at radius 1 is 0.875 bits per heavy atom. The van der Waals surface area contributed by atoms with E-state index in [0.717, 1.165) is 0 Å². The molecular formula is C10H24N2O4. The van der Waals surface area contributed by atoms with Crippen LogP contribution < -0.4 is 5.32 Å². The summed E-state index contributed by atoms with van der Waals surface area (Å²) in [7, 11) is 0. The van der Waals surface area contributed by atoms with Crippen molar-refractivity contribution in [3.63, 3.8) is 0 Å². The van der Waals surface area contributed by atoms with E-state index in [-0.39, 0.29) is 26.4 Å². The summed E-state index contributed by atoms with van der Waals surface area (Å²) >= 11 is 0. The van der Waals surface area contributed by atoms with Crippen molar-refractivity contribution < 1.29 is 20.4 Å². The zero-order valence-corrected chi connectivity index (χ0v) is 9.68. The summed E-state index contributed by atoms with van der Waals surface area (Å²) in [5.41, 5.74) is 0. The Balaban J connectivity index is 0. The first-order valence-electron chi connectivity index (χ1n) is 5.27. The van der Waals surface area contributed by atoms with Crippen LogP contribution in [0, 0.1) is 0 Å². The molecular weight excluding hydrogens is 212 g/mol. The van der Waals surface area contributed by atoms with Gasteiger partial charge in [0.05, 0.1) is 26.4 Å². The average molecular weight is 236 g/mol. The van der Waals surface area contributed by atoms with Crippen LogP contribution in [-0.4, -0.2) is 77.9 Å². The minimum atomic E-state index is 0.103. The zero-order valence-electron chi connectivity index (χ0n) is 9.68. The molecule has 6 nitrogen and oxygen atoms in total. The second-order valence-corrected chi connectivity index (χ2v) is 2.86. The molecule has 98 valence electrons. The molecule has 0 aromatic carbocycles. The number of nitrogens with zero attached hydrogens (tertiary/aromatic N) is 1. The fraction of sp³-hybridized carbons (Fsp3) is 0.800. The van der Waals surface area contributed by atoms with Gasteiger partial charge in [0.2, 0.25) is 0 Å². The summed E-state index contributed by atoms with van der Waals surface area (Å²) in [5, 5.41) is 35.9. The van der Waals surface area contributed by atoms with Crippen molar-refractivity contribution in [2.45, 2.75) is 0 Å². The van der Waals surface area contributed by atoms with Gasteiger partial charge in [0.1, 0.15) is 0 Å². The Kier molecular flexibility index (Phi) is 18.6. The zero-order chi connectivity index (χ0) is 12.6. The van der Waals surface area contributed by atoms with Crippen LogP contribution in [-0.2, 0) is 0 Å². The topological polar surface area (TPSA) is 96.2 Å². The van der Waals surface area contributed by atoms with E-state index in [9.17, 15) is 0 Å². The largest absolute Gasteiger partial charge is 0.395 e. The van der Waals surface area contributed by atoms with Crippen molar-refractivity contribution in [3.8, 4) is 0 Å². The molecule has 0 rings (SSSR count). The van der Waals surface area contributed by atoms with Gasteiger partial charge in [0.25, 0.3) is 0 Å². The normalized spacial score (nSPS) is 9.25. The summed E-state index contributed by atoms with van der Waals surface area (Å²) in [6.07, 6.45) is 1.60. The van der Waals surface area contributed by atoms with Crippen LogP contribution in [0.25, 0.3) is 0 Å². The lowest BCUT2D eigenvalue weighted by atomic mass is 10.5. The van der Waals surface area contributed by atoms with Crippen LogP contribution in [0.1, 0.15) is 0 Å². The van der Waals surface area contributed by atoms with Crippen LogP contribution in [0.4, 0.5) is 0 Å². The lowest BCUT2D eigenvalue weighted by Crippen LogP contribution is -2.23. The van der Waals surface area contributed by atoms with Crippen molar-refractivity contribution in [2.24, 2.45) is 0 Å². The molecule has 16 heavy (non-hydrogen) atoms. The molecule has 0 aliphatic heterocycles. The third-order valence-corrected chi connectivity index (χ3v) is 1.61. The summed E-state index contributed by atoms with van der Waals surface area (Å²) in [4.78, 5) is 1.75. The predicted molar refractivity (Wildman–Crippen MR) is 63.0 cm³/mol.